The molecule has 0 saturated carbocycles. The first kappa shape index (κ1) is 14.9. The molecule has 1 aliphatic heterocycles. The topological polar surface area (TPSA) is 40.5 Å². The zero-order chi connectivity index (χ0) is 14.5. The summed E-state index contributed by atoms with van der Waals surface area (Å²) in [5.41, 5.74) is 0.536. The highest BCUT2D eigenvalue weighted by Crippen LogP contribution is 2.19. The van der Waals surface area contributed by atoms with Gasteiger partial charge in [0.05, 0.1) is 5.56 Å². The normalized spacial score (nSPS) is 18.4. The monoisotopic (exact) mass is 293 g/mol. The number of aliphatic hydroxyl groups excluding tert-OH is 1. The van der Waals surface area contributed by atoms with Crippen molar-refractivity contribution >= 4 is 17.7 Å². The average Bonchev–Trinajstić information content (AvgIpc) is 2.46. The third-order valence-corrected chi connectivity index (χ3v) is 4.34. The summed E-state index contributed by atoms with van der Waals surface area (Å²) in [6, 6.07) is 4.45. The molecule has 1 N–H and O–H groups in total. The lowest BCUT2D eigenvalue weighted by Gasteiger charge is -2.33. The van der Waals surface area contributed by atoms with Crippen molar-refractivity contribution in [2.75, 3.05) is 24.7 Å². The molecule has 1 heterocycles. The molecular weight excluding hydrogens is 277 g/mol. The predicted molar refractivity (Wildman–Crippen MR) is 78.2 cm³/mol. The summed E-state index contributed by atoms with van der Waals surface area (Å²) in [5.74, 6) is 6.06. The maximum atomic E-state index is 13.8. The highest BCUT2D eigenvalue weighted by atomic mass is 32.2. The number of carbonyl (C=O) groups excluding carboxylic acids is 1. The van der Waals surface area contributed by atoms with Crippen LogP contribution >= 0.6 is 11.8 Å². The molecule has 5 heteroatoms. The lowest BCUT2D eigenvalue weighted by molar-refractivity contribution is 0.0715. The molecule has 1 fully saturated rings. The minimum atomic E-state index is -0.532. The van der Waals surface area contributed by atoms with Gasteiger partial charge in [-0.3, -0.25) is 4.79 Å². The molecule has 2 rings (SSSR count). The van der Waals surface area contributed by atoms with Gasteiger partial charge in [0, 0.05) is 29.7 Å². The van der Waals surface area contributed by atoms with E-state index in [0.717, 1.165) is 11.5 Å². The molecule has 1 aliphatic rings. The van der Waals surface area contributed by atoms with E-state index in [0.29, 0.717) is 12.1 Å². The van der Waals surface area contributed by atoms with Crippen LogP contribution in [0.15, 0.2) is 18.2 Å². The summed E-state index contributed by atoms with van der Waals surface area (Å²) in [7, 11) is 0. The lowest BCUT2D eigenvalue weighted by atomic mass is 10.1. The van der Waals surface area contributed by atoms with E-state index in [4.69, 9.17) is 5.11 Å². The largest absolute Gasteiger partial charge is 0.384 e. The number of nitrogens with zero attached hydrogens (tertiary/aromatic N) is 1. The van der Waals surface area contributed by atoms with Gasteiger partial charge in [0.25, 0.3) is 5.91 Å². The van der Waals surface area contributed by atoms with Gasteiger partial charge < -0.3 is 10.0 Å². The van der Waals surface area contributed by atoms with Crippen LogP contribution in [0.5, 0.6) is 0 Å². The molecule has 0 radical (unpaired) electrons. The summed E-state index contributed by atoms with van der Waals surface area (Å²) in [4.78, 5) is 14.1. The fourth-order valence-electron chi connectivity index (χ4n) is 2.08. The summed E-state index contributed by atoms with van der Waals surface area (Å²) < 4.78 is 13.8. The van der Waals surface area contributed by atoms with Gasteiger partial charge in [-0.2, -0.15) is 11.8 Å². The molecule has 106 valence electrons. The molecule has 20 heavy (non-hydrogen) atoms. The van der Waals surface area contributed by atoms with E-state index in [1.165, 1.54) is 12.1 Å². The predicted octanol–water partition coefficient (Wildman–Crippen LogP) is 1.75. The van der Waals surface area contributed by atoms with Gasteiger partial charge in [0.2, 0.25) is 0 Å². The minimum absolute atomic E-state index is 0.140. The first-order valence-corrected chi connectivity index (χ1v) is 7.57. The number of carbonyl (C=O) groups is 1. The van der Waals surface area contributed by atoms with E-state index in [-0.39, 0.29) is 24.1 Å². The first-order valence-electron chi connectivity index (χ1n) is 6.41. The summed E-state index contributed by atoms with van der Waals surface area (Å²) >= 11 is 1.82. The van der Waals surface area contributed by atoms with E-state index in [1.807, 2.05) is 18.7 Å². The zero-order valence-corrected chi connectivity index (χ0v) is 12.0. The fraction of sp³-hybridized carbons (Fsp3) is 0.400. The van der Waals surface area contributed by atoms with Gasteiger partial charge in [-0.15, -0.1) is 0 Å². The highest BCUT2D eigenvalue weighted by Gasteiger charge is 2.24. The van der Waals surface area contributed by atoms with Crippen molar-refractivity contribution in [2.45, 2.75) is 13.0 Å². The van der Waals surface area contributed by atoms with E-state index < -0.39 is 5.82 Å². The van der Waals surface area contributed by atoms with E-state index in [9.17, 15) is 9.18 Å². The number of halogens is 1. The van der Waals surface area contributed by atoms with Crippen molar-refractivity contribution < 1.29 is 14.3 Å². The zero-order valence-electron chi connectivity index (χ0n) is 11.2. The van der Waals surface area contributed by atoms with Gasteiger partial charge in [0.15, 0.2) is 0 Å². The van der Waals surface area contributed by atoms with Crippen molar-refractivity contribution in [1.82, 2.24) is 4.90 Å². The van der Waals surface area contributed by atoms with Gasteiger partial charge in [-0.1, -0.05) is 11.8 Å². The Kier molecular flexibility index (Phi) is 5.05. The molecule has 1 aromatic rings. The van der Waals surface area contributed by atoms with Crippen LogP contribution in [0.3, 0.4) is 0 Å². The van der Waals surface area contributed by atoms with Crippen LogP contribution in [-0.2, 0) is 0 Å². The number of benzene rings is 1. The third kappa shape index (κ3) is 3.33. The second kappa shape index (κ2) is 6.78. The molecule has 1 unspecified atom stereocenters. The van der Waals surface area contributed by atoms with Crippen LogP contribution in [0.1, 0.15) is 22.8 Å². The maximum Gasteiger partial charge on any atom is 0.254 e. The Balaban J connectivity index is 2.20. The second-order valence-corrected chi connectivity index (χ2v) is 5.73. The fourth-order valence-corrected chi connectivity index (χ4v) is 3.09. The number of hydrogen-bond donors (Lipinski definition) is 1. The number of amides is 1. The van der Waals surface area contributed by atoms with E-state index in [2.05, 4.69) is 11.8 Å². The molecular formula is C15H16FNO2S. The molecule has 0 spiro atoms. The Bertz CT molecular complexity index is 565. The number of rotatable bonds is 1. The number of hydrogen-bond acceptors (Lipinski definition) is 3. The minimum Gasteiger partial charge on any atom is -0.384 e. The van der Waals surface area contributed by atoms with Gasteiger partial charge in [0.1, 0.15) is 12.4 Å². The SMILES string of the molecule is CC1CSCCN1C(=O)c1ccc(C#CCO)c(F)c1. The molecule has 0 aromatic heterocycles. The van der Waals surface area contributed by atoms with E-state index in [1.54, 1.807) is 11.0 Å². The molecule has 1 saturated heterocycles. The molecule has 0 aliphatic carbocycles. The highest BCUT2D eigenvalue weighted by molar-refractivity contribution is 7.99. The van der Waals surface area contributed by atoms with Crippen molar-refractivity contribution in [3.05, 3.63) is 35.1 Å². The maximum absolute atomic E-state index is 13.8. The average molecular weight is 293 g/mol. The van der Waals surface area contributed by atoms with Gasteiger partial charge in [-0.05, 0) is 25.1 Å². The molecule has 1 atom stereocenters. The molecule has 1 amide bonds. The van der Waals surface area contributed by atoms with Crippen LogP contribution in [0.4, 0.5) is 4.39 Å². The van der Waals surface area contributed by atoms with Crippen molar-refractivity contribution in [3.63, 3.8) is 0 Å². The third-order valence-electron chi connectivity index (χ3n) is 3.15. The van der Waals surface area contributed by atoms with Crippen LogP contribution in [-0.4, -0.2) is 46.6 Å². The Hall–Kier alpha value is -1.51. The summed E-state index contributed by atoms with van der Waals surface area (Å²) in [6.07, 6.45) is 0. The standard InChI is InChI=1S/C15H16FNO2S/c1-11-10-20-8-6-17(11)15(19)13-5-4-12(3-2-7-18)14(16)9-13/h4-5,9,11,18H,6-8,10H2,1H3. The quantitative estimate of drug-likeness (QED) is 0.802. The molecule has 0 bridgehead atoms. The Morgan fingerprint density at radius 1 is 1.60 bits per heavy atom. The smallest absolute Gasteiger partial charge is 0.254 e. The van der Waals surface area contributed by atoms with Crippen molar-refractivity contribution in [1.29, 1.82) is 0 Å². The molecule has 1 aromatic carbocycles. The van der Waals surface area contributed by atoms with Crippen molar-refractivity contribution in [2.24, 2.45) is 0 Å². The Labute approximate surface area is 122 Å². The summed E-state index contributed by atoms with van der Waals surface area (Å²) in [5, 5.41) is 8.60. The lowest BCUT2D eigenvalue weighted by Crippen LogP contribution is -2.44. The van der Waals surface area contributed by atoms with Crippen molar-refractivity contribution in [3.8, 4) is 11.8 Å². The first-order chi connectivity index (χ1) is 9.63. The van der Waals surface area contributed by atoms with Crippen LogP contribution in [0, 0.1) is 17.7 Å². The second-order valence-electron chi connectivity index (χ2n) is 4.58. The number of aliphatic hydroxyl groups is 1. The van der Waals surface area contributed by atoms with Gasteiger partial charge in [-0.25, -0.2) is 4.39 Å². The Morgan fingerprint density at radius 2 is 2.40 bits per heavy atom. The van der Waals surface area contributed by atoms with Crippen LogP contribution < -0.4 is 0 Å². The Morgan fingerprint density at radius 3 is 3.05 bits per heavy atom. The van der Waals surface area contributed by atoms with Crippen LogP contribution in [0.2, 0.25) is 0 Å². The molecule has 3 nitrogen and oxygen atoms in total. The summed E-state index contributed by atoms with van der Waals surface area (Å²) in [6.45, 7) is 2.38. The number of thioether (sulfide) groups is 1. The van der Waals surface area contributed by atoms with E-state index >= 15 is 0 Å². The van der Waals surface area contributed by atoms with Gasteiger partial charge >= 0.3 is 0 Å². The van der Waals surface area contributed by atoms with Crippen LogP contribution in [0.25, 0.3) is 0 Å².